The molecule has 132 valence electrons. The molecule has 0 bridgehead atoms. The molecular weight excluding hydrogens is 340 g/mol. The van der Waals surface area contributed by atoms with Gasteiger partial charge in [0.1, 0.15) is 5.01 Å². The summed E-state index contributed by atoms with van der Waals surface area (Å²) in [6.07, 6.45) is 5.82. The molecule has 6 nitrogen and oxygen atoms in total. The van der Waals surface area contributed by atoms with Gasteiger partial charge in [-0.2, -0.15) is 17.0 Å². The Bertz CT molecular complexity index is 545. The summed E-state index contributed by atoms with van der Waals surface area (Å²) in [5.74, 6) is 2.44. The molecule has 0 aliphatic carbocycles. The molecule has 1 fully saturated rings. The Labute approximate surface area is 152 Å². The van der Waals surface area contributed by atoms with E-state index in [2.05, 4.69) is 25.9 Å². The Balaban J connectivity index is 1.62. The van der Waals surface area contributed by atoms with Crippen LogP contribution in [0.25, 0.3) is 0 Å². The van der Waals surface area contributed by atoms with Crippen molar-refractivity contribution in [3.8, 4) is 6.19 Å². The van der Waals surface area contributed by atoms with Gasteiger partial charge in [-0.25, -0.2) is 4.98 Å². The van der Waals surface area contributed by atoms with Crippen LogP contribution in [0, 0.1) is 11.5 Å². The molecule has 2 heterocycles. The number of piperidine rings is 1. The highest BCUT2D eigenvalue weighted by Crippen LogP contribution is 2.19. The van der Waals surface area contributed by atoms with Crippen molar-refractivity contribution in [1.29, 1.82) is 5.26 Å². The summed E-state index contributed by atoms with van der Waals surface area (Å²) in [6, 6.07) is 0. The van der Waals surface area contributed by atoms with E-state index in [1.54, 1.807) is 17.5 Å². The van der Waals surface area contributed by atoms with E-state index in [9.17, 15) is 0 Å². The van der Waals surface area contributed by atoms with Crippen LogP contribution in [0.3, 0.4) is 0 Å². The number of hydrogen-bond donors (Lipinski definition) is 2. The minimum Gasteiger partial charge on any atom is -0.356 e. The van der Waals surface area contributed by atoms with Crippen molar-refractivity contribution in [2.24, 2.45) is 4.99 Å². The molecule has 2 N–H and O–H groups in total. The third-order valence-electron chi connectivity index (χ3n) is 3.70. The van der Waals surface area contributed by atoms with Crippen LogP contribution in [-0.4, -0.2) is 47.8 Å². The molecule has 1 aromatic rings. The van der Waals surface area contributed by atoms with Gasteiger partial charge in [-0.1, -0.05) is 6.42 Å². The lowest BCUT2D eigenvalue weighted by molar-refractivity contribution is 0.220. The van der Waals surface area contributed by atoms with E-state index in [0.717, 1.165) is 31.1 Å². The molecule has 1 aliphatic heterocycles. The van der Waals surface area contributed by atoms with Crippen molar-refractivity contribution < 1.29 is 0 Å². The van der Waals surface area contributed by atoms with Crippen molar-refractivity contribution in [3.05, 3.63) is 16.1 Å². The highest BCUT2D eigenvalue weighted by atomic mass is 32.2. The second kappa shape index (κ2) is 11.3. The number of thiazole rings is 1. The zero-order valence-corrected chi connectivity index (χ0v) is 15.9. The van der Waals surface area contributed by atoms with Gasteiger partial charge in [-0.05, 0) is 32.9 Å². The van der Waals surface area contributed by atoms with Gasteiger partial charge in [-0.3, -0.25) is 4.90 Å². The predicted octanol–water partition coefficient (Wildman–Crippen LogP) is 2.40. The van der Waals surface area contributed by atoms with E-state index in [4.69, 9.17) is 10.2 Å². The monoisotopic (exact) mass is 366 g/mol. The first-order valence-corrected chi connectivity index (χ1v) is 10.5. The van der Waals surface area contributed by atoms with Crippen molar-refractivity contribution in [1.82, 2.24) is 20.5 Å². The molecule has 0 atom stereocenters. The van der Waals surface area contributed by atoms with Gasteiger partial charge in [0.25, 0.3) is 0 Å². The Morgan fingerprint density at radius 2 is 2.25 bits per heavy atom. The number of guanidine groups is 1. The Morgan fingerprint density at radius 1 is 1.42 bits per heavy atom. The molecule has 0 unspecified atom stereocenters. The molecule has 24 heavy (non-hydrogen) atoms. The van der Waals surface area contributed by atoms with Gasteiger partial charge >= 0.3 is 0 Å². The number of aliphatic imine (C=N–C) groups is 1. The van der Waals surface area contributed by atoms with Crippen LogP contribution < -0.4 is 10.6 Å². The topological polar surface area (TPSA) is 76.3 Å². The van der Waals surface area contributed by atoms with E-state index in [1.807, 2.05) is 18.7 Å². The summed E-state index contributed by atoms with van der Waals surface area (Å²) < 4.78 is 0. The molecule has 0 spiro atoms. The van der Waals surface area contributed by atoms with Crippen molar-refractivity contribution in [2.75, 3.05) is 31.9 Å². The number of thioether (sulfide) groups is 1. The van der Waals surface area contributed by atoms with E-state index in [-0.39, 0.29) is 0 Å². The van der Waals surface area contributed by atoms with Crippen LogP contribution >= 0.6 is 23.1 Å². The first-order chi connectivity index (χ1) is 11.8. The fraction of sp³-hybridized carbons (Fsp3) is 0.688. The molecule has 0 aromatic carbocycles. The quantitative estimate of drug-likeness (QED) is 0.318. The largest absolute Gasteiger partial charge is 0.356 e. The third kappa shape index (κ3) is 7.07. The maximum Gasteiger partial charge on any atom is 0.209 e. The average Bonchev–Trinajstić information content (AvgIpc) is 3.03. The molecule has 1 aliphatic rings. The normalized spacial score (nSPS) is 15.9. The smallest absolute Gasteiger partial charge is 0.209 e. The van der Waals surface area contributed by atoms with Crippen LogP contribution in [0.2, 0.25) is 0 Å². The summed E-state index contributed by atoms with van der Waals surface area (Å²) in [5.41, 5.74) is 1.18. The zero-order valence-electron chi connectivity index (χ0n) is 14.3. The lowest BCUT2D eigenvalue weighted by atomic mass is 10.1. The fourth-order valence-corrected chi connectivity index (χ4v) is 4.26. The summed E-state index contributed by atoms with van der Waals surface area (Å²) in [6.45, 7) is 6.95. The van der Waals surface area contributed by atoms with E-state index < -0.39 is 0 Å². The van der Waals surface area contributed by atoms with Gasteiger partial charge < -0.3 is 10.6 Å². The Morgan fingerprint density at radius 3 is 3.00 bits per heavy atom. The predicted molar refractivity (Wildman–Crippen MR) is 102 cm³/mol. The summed E-state index contributed by atoms with van der Waals surface area (Å²) in [5, 5.41) is 18.2. The number of likely N-dealkylation sites (tertiary alicyclic amines) is 1. The number of aromatic nitrogens is 1. The summed E-state index contributed by atoms with van der Waals surface area (Å²) in [7, 11) is 0. The van der Waals surface area contributed by atoms with Crippen LogP contribution in [0.15, 0.2) is 10.4 Å². The zero-order chi connectivity index (χ0) is 17.0. The number of nitrogens with one attached hydrogen (secondary N) is 2. The number of rotatable bonds is 8. The first-order valence-electron chi connectivity index (χ1n) is 8.49. The van der Waals surface area contributed by atoms with Crippen LogP contribution in [0.1, 0.15) is 36.9 Å². The van der Waals surface area contributed by atoms with Gasteiger partial charge in [0.05, 0.1) is 12.2 Å². The lowest BCUT2D eigenvalue weighted by Crippen LogP contribution is -2.38. The van der Waals surface area contributed by atoms with Gasteiger partial charge in [0.2, 0.25) is 12.2 Å². The second-order valence-electron chi connectivity index (χ2n) is 5.64. The third-order valence-corrected chi connectivity index (χ3v) is 5.58. The average molecular weight is 367 g/mol. The van der Waals surface area contributed by atoms with Crippen molar-refractivity contribution in [3.63, 3.8) is 0 Å². The fourth-order valence-electron chi connectivity index (χ4n) is 2.57. The van der Waals surface area contributed by atoms with Gasteiger partial charge in [0.15, 0.2) is 0 Å². The van der Waals surface area contributed by atoms with Crippen LogP contribution in [0.5, 0.6) is 0 Å². The standard InChI is InChI=1S/C16H26N6S2/c1-2-18-16(20-13-17)19-6-9-23-11-14-12-24-15(21-14)10-22-7-4-3-5-8-22/h12H,2-11H2,1H3,(H2,18,19,20). The molecular formula is C16H26N6S2. The SMILES string of the molecule is CCNC(=NC#N)NCCSCc1csc(CN2CCCCC2)n1. The van der Waals surface area contributed by atoms with Crippen LogP contribution in [0.4, 0.5) is 0 Å². The minimum absolute atomic E-state index is 0.554. The molecule has 1 saturated heterocycles. The Hall–Kier alpha value is -1.30. The van der Waals surface area contributed by atoms with E-state index >= 15 is 0 Å². The molecule has 0 amide bonds. The molecule has 1 aromatic heterocycles. The summed E-state index contributed by atoms with van der Waals surface area (Å²) in [4.78, 5) is 11.0. The first kappa shape index (κ1) is 19.0. The molecule has 2 rings (SSSR count). The van der Waals surface area contributed by atoms with Gasteiger partial charge in [-0.15, -0.1) is 16.3 Å². The molecule has 8 heteroatoms. The van der Waals surface area contributed by atoms with Crippen LogP contribution in [-0.2, 0) is 12.3 Å². The second-order valence-corrected chi connectivity index (χ2v) is 7.69. The molecule has 0 saturated carbocycles. The molecule has 0 radical (unpaired) electrons. The lowest BCUT2D eigenvalue weighted by Gasteiger charge is -2.25. The number of nitriles is 1. The van der Waals surface area contributed by atoms with Crippen molar-refractivity contribution in [2.45, 2.75) is 38.5 Å². The highest BCUT2D eigenvalue weighted by Gasteiger charge is 2.12. The maximum atomic E-state index is 8.60. The Kier molecular flexibility index (Phi) is 8.95. The van der Waals surface area contributed by atoms with Gasteiger partial charge in [0, 0.05) is 30.0 Å². The van der Waals surface area contributed by atoms with E-state index in [0.29, 0.717) is 5.96 Å². The number of nitrogens with zero attached hydrogens (tertiary/aromatic N) is 4. The van der Waals surface area contributed by atoms with E-state index in [1.165, 1.54) is 43.1 Å². The number of hydrogen-bond acceptors (Lipinski definition) is 6. The van der Waals surface area contributed by atoms with Crippen molar-refractivity contribution >= 4 is 29.1 Å². The maximum absolute atomic E-state index is 8.60. The minimum atomic E-state index is 0.554. The summed E-state index contributed by atoms with van der Waals surface area (Å²) >= 11 is 3.62. The highest BCUT2D eigenvalue weighted by molar-refractivity contribution is 7.98.